The van der Waals surface area contributed by atoms with Crippen molar-refractivity contribution in [1.82, 2.24) is 10.2 Å². The van der Waals surface area contributed by atoms with Crippen LogP contribution >= 0.6 is 11.8 Å². The minimum atomic E-state index is -1.16. The minimum absolute atomic E-state index is 0.0342. The molecule has 5 nitrogen and oxygen atoms in total. The fraction of sp³-hybridized carbons (Fsp3) is 0.300. The van der Waals surface area contributed by atoms with Gasteiger partial charge in [-0.15, -0.1) is 11.8 Å². The predicted molar refractivity (Wildman–Crippen MR) is 104 cm³/mol. The van der Waals surface area contributed by atoms with Crippen molar-refractivity contribution < 1.29 is 18.4 Å². The Morgan fingerprint density at radius 2 is 2.04 bits per heavy atom. The zero-order valence-corrected chi connectivity index (χ0v) is 16.1. The Morgan fingerprint density at radius 3 is 2.79 bits per heavy atom. The van der Waals surface area contributed by atoms with E-state index < -0.39 is 16.5 Å². The van der Waals surface area contributed by atoms with E-state index in [4.69, 9.17) is 0 Å². The van der Waals surface area contributed by atoms with E-state index in [0.717, 1.165) is 11.6 Å². The number of amides is 3. The number of halogens is 2. The van der Waals surface area contributed by atoms with Crippen LogP contribution in [0.3, 0.4) is 0 Å². The van der Waals surface area contributed by atoms with E-state index in [9.17, 15) is 18.4 Å². The summed E-state index contributed by atoms with van der Waals surface area (Å²) in [5, 5.41) is 2.77. The molecule has 146 valence electrons. The lowest BCUT2D eigenvalue weighted by Crippen LogP contribution is -2.53. The fourth-order valence-electron chi connectivity index (χ4n) is 3.79. The van der Waals surface area contributed by atoms with Crippen molar-refractivity contribution >= 4 is 29.4 Å². The lowest BCUT2D eigenvalue weighted by molar-refractivity contribution is -0.123. The van der Waals surface area contributed by atoms with E-state index >= 15 is 0 Å². The summed E-state index contributed by atoms with van der Waals surface area (Å²) in [4.78, 5) is 28.1. The molecule has 0 aromatic heterocycles. The van der Waals surface area contributed by atoms with Crippen LogP contribution in [-0.2, 0) is 16.2 Å². The van der Waals surface area contributed by atoms with Gasteiger partial charge < -0.3 is 10.2 Å². The van der Waals surface area contributed by atoms with Gasteiger partial charge in [-0.3, -0.25) is 9.69 Å². The number of carbonyl (C=O) groups is 2. The average molecular weight is 403 g/mol. The minimum Gasteiger partial charge on any atom is -0.338 e. The molecule has 1 saturated heterocycles. The average Bonchev–Trinajstić information content (AvgIpc) is 3.21. The highest BCUT2D eigenvalue weighted by Gasteiger charge is 2.59. The van der Waals surface area contributed by atoms with Crippen molar-refractivity contribution in [2.45, 2.75) is 18.3 Å². The standard InChI is InChI=1S/C20H19F2N3O2S/c1-2-23-19(27)25-9-10-28-20(25)15-5-3-4-6-17(15)24(18(20)26)12-13-7-8-14(21)11-16(13)22/h3-8,11H,2,9-10,12H2,1H3,(H,23,27). The molecule has 0 bridgehead atoms. The summed E-state index contributed by atoms with van der Waals surface area (Å²) < 4.78 is 27.5. The van der Waals surface area contributed by atoms with Crippen LogP contribution in [0.2, 0.25) is 0 Å². The predicted octanol–water partition coefficient (Wildman–Crippen LogP) is 3.44. The zero-order chi connectivity index (χ0) is 19.9. The van der Waals surface area contributed by atoms with Crippen LogP contribution in [-0.4, -0.2) is 35.7 Å². The summed E-state index contributed by atoms with van der Waals surface area (Å²) in [6.45, 7) is 2.68. The molecule has 2 aliphatic heterocycles. The van der Waals surface area contributed by atoms with Crippen LogP contribution in [0.1, 0.15) is 18.1 Å². The van der Waals surface area contributed by atoms with Gasteiger partial charge in [0.25, 0.3) is 5.91 Å². The topological polar surface area (TPSA) is 52.7 Å². The fourth-order valence-corrected chi connectivity index (χ4v) is 5.25. The number of thioether (sulfide) groups is 1. The van der Waals surface area contributed by atoms with E-state index in [0.29, 0.717) is 24.5 Å². The van der Waals surface area contributed by atoms with Gasteiger partial charge in [-0.2, -0.15) is 0 Å². The zero-order valence-electron chi connectivity index (χ0n) is 15.2. The van der Waals surface area contributed by atoms with Crippen LogP contribution in [0.5, 0.6) is 0 Å². The van der Waals surface area contributed by atoms with Crippen molar-refractivity contribution in [3.8, 4) is 0 Å². The Bertz CT molecular complexity index is 955. The molecule has 1 spiro atoms. The molecule has 4 rings (SSSR count). The SMILES string of the molecule is CCNC(=O)N1CCSC12C(=O)N(Cc1ccc(F)cc1F)c1ccccc12. The first kappa shape index (κ1) is 18.7. The Hall–Kier alpha value is -2.61. The number of hydrogen-bond donors (Lipinski definition) is 1. The number of benzene rings is 2. The third kappa shape index (κ3) is 2.74. The second kappa shape index (κ2) is 7.09. The molecule has 2 heterocycles. The Kier molecular flexibility index (Phi) is 4.74. The highest BCUT2D eigenvalue weighted by atomic mass is 32.2. The number of hydrogen-bond acceptors (Lipinski definition) is 3. The number of rotatable bonds is 3. The molecule has 8 heteroatoms. The van der Waals surface area contributed by atoms with Crippen LogP contribution < -0.4 is 10.2 Å². The molecule has 1 fully saturated rings. The number of nitrogens with zero attached hydrogens (tertiary/aromatic N) is 2. The van der Waals surface area contributed by atoms with Gasteiger partial charge in [0.05, 0.1) is 12.2 Å². The lowest BCUT2D eigenvalue weighted by atomic mass is 10.1. The number of anilines is 1. The first-order valence-electron chi connectivity index (χ1n) is 9.04. The van der Waals surface area contributed by atoms with Crippen molar-refractivity contribution in [3.63, 3.8) is 0 Å². The number of fused-ring (bicyclic) bond motifs is 2. The maximum Gasteiger partial charge on any atom is 0.319 e. The maximum absolute atomic E-state index is 14.2. The second-order valence-electron chi connectivity index (χ2n) is 6.62. The van der Waals surface area contributed by atoms with Crippen LogP contribution in [0, 0.1) is 11.6 Å². The molecule has 2 aromatic rings. The molecule has 1 unspecified atom stereocenters. The second-order valence-corrected chi connectivity index (χ2v) is 7.91. The molecular formula is C20H19F2N3O2S. The van der Waals surface area contributed by atoms with Crippen molar-refractivity contribution in [3.05, 3.63) is 65.2 Å². The normalized spacial score (nSPS) is 20.8. The van der Waals surface area contributed by atoms with E-state index in [1.165, 1.54) is 28.8 Å². The molecule has 1 atom stereocenters. The Labute approximate surface area is 165 Å². The highest BCUT2D eigenvalue weighted by Crippen LogP contribution is 2.54. The summed E-state index contributed by atoms with van der Waals surface area (Å²) in [6.07, 6.45) is 0. The number of urea groups is 1. The molecule has 2 aliphatic rings. The van der Waals surface area contributed by atoms with E-state index in [-0.39, 0.29) is 24.0 Å². The van der Waals surface area contributed by atoms with Crippen LogP contribution in [0.15, 0.2) is 42.5 Å². The maximum atomic E-state index is 14.2. The molecule has 3 amide bonds. The van der Waals surface area contributed by atoms with E-state index in [2.05, 4.69) is 5.32 Å². The van der Waals surface area contributed by atoms with Crippen molar-refractivity contribution in [2.75, 3.05) is 23.7 Å². The van der Waals surface area contributed by atoms with Gasteiger partial charge in [0.1, 0.15) is 11.6 Å². The lowest BCUT2D eigenvalue weighted by Gasteiger charge is -2.33. The first-order valence-corrected chi connectivity index (χ1v) is 10.0. The highest BCUT2D eigenvalue weighted by molar-refractivity contribution is 8.01. The number of nitrogens with one attached hydrogen (secondary N) is 1. The largest absolute Gasteiger partial charge is 0.338 e. The quantitative estimate of drug-likeness (QED) is 0.854. The van der Waals surface area contributed by atoms with Gasteiger partial charge in [0.2, 0.25) is 0 Å². The monoisotopic (exact) mass is 403 g/mol. The summed E-state index contributed by atoms with van der Waals surface area (Å²) in [5.41, 5.74) is 1.57. The van der Waals surface area contributed by atoms with Gasteiger partial charge in [0.15, 0.2) is 4.87 Å². The van der Waals surface area contributed by atoms with Gasteiger partial charge in [0, 0.05) is 36.0 Å². The van der Waals surface area contributed by atoms with Crippen molar-refractivity contribution in [1.29, 1.82) is 0 Å². The van der Waals surface area contributed by atoms with E-state index in [1.54, 1.807) is 17.0 Å². The van der Waals surface area contributed by atoms with Gasteiger partial charge in [-0.1, -0.05) is 24.3 Å². The number of para-hydroxylation sites is 1. The third-order valence-corrected chi connectivity index (χ3v) is 6.44. The summed E-state index contributed by atoms with van der Waals surface area (Å²) in [7, 11) is 0. The first-order chi connectivity index (χ1) is 13.5. The Balaban J connectivity index is 1.77. The van der Waals surface area contributed by atoms with Crippen LogP contribution in [0.4, 0.5) is 19.3 Å². The molecule has 2 aromatic carbocycles. The van der Waals surface area contributed by atoms with Gasteiger partial charge in [-0.25, -0.2) is 13.6 Å². The summed E-state index contributed by atoms with van der Waals surface area (Å²) >= 11 is 1.41. The van der Waals surface area contributed by atoms with Gasteiger partial charge in [-0.05, 0) is 19.1 Å². The molecular weight excluding hydrogens is 384 g/mol. The molecule has 0 saturated carbocycles. The molecule has 0 aliphatic carbocycles. The summed E-state index contributed by atoms with van der Waals surface area (Å²) in [5.74, 6) is -1.03. The number of carbonyl (C=O) groups excluding carboxylic acids is 2. The molecule has 1 N–H and O–H groups in total. The van der Waals surface area contributed by atoms with E-state index in [1.807, 2.05) is 19.1 Å². The Morgan fingerprint density at radius 1 is 1.25 bits per heavy atom. The summed E-state index contributed by atoms with van der Waals surface area (Å²) in [6, 6.07) is 10.3. The third-order valence-electron chi connectivity index (χ3n) is 5.02. The molecule has 0 radical (unpaired) electrons. The smallest absolute Gasteiger partial charge is 0.319 e. The van der Waals surface area contributed by atoms with Crippen molar-refractivity contribution in [2.24, 2.45) is 0 Å². The molecule has 28 heavy (non-hydrogen) atoms. The van der Waals surface area contributed by atoms with Gasteiger partial charge >= 0.3 is 6.03 Å². The van der Waals surface area contributed by atoms with Crippen LogP contribution in [0.25, 0.3) is 0 Å².